The molecule has 1 rings (SSSR count). The number of rotatable bonds is 6. The van der Waals surface area contributed by atoms with Gasteiger partial charge in [-0.1, -0.05) is 0 Å². The predicted molar refractivity (Wildman–Crippen MR) is 60.9 cm³/mol. The number of piperidine rings is 1. The molecule has 16 heavy (non-hydrogen) atoms. The summed E-state index contributed by atoms with van der Waals surface area (Å²) in [5.41, 5.74) is 5.29. The maximum absolute atomic E-state index is 11.8. The van der Waals surface area contributed by atoms with Gasteiger partial charge in [0.2, 0.25) is 5.91 Å². The van der Waals surface area contributed by atoms with Gasteiger partial charge >= 0.3 is 0 Å². The molecule has 1 atom stereocenters. The minimum Gasteiger partial charge on any atom is -0.396 e. The number of hydrogen-bond donors (Lipinski definition) is 2. The van der Waals surface area contributed by atoms with Gasteiger partial charge in [0.1, 0.15) is 6.61 Å². The Balaban J connectivity index is 2.37. The molecule has 1 heterocycles. The summed E-state index contributed by atoms with van der Waals surface area (Å²) in [7, 11) is 0. The highest BCUT2D eigenvalue weighted by atomic mass is 16.5. The Kier molecular flexibility index (Phi) is 6.37. The fourth-order valence-corrected chi connectivity index (χ4v) is 2.10. The SMILES string of the molecule is NCCOCC(=O)N1CCCCC1CCO. The van der Waals surface area contributed by atoms with E-state index in [1.165, 1.54) is 0 Å². The summed E-state index contributed by atoms with van der Waals surface area (Å²) >= 11 is 0. The number of carbonyl (C=O) groups excluding carboxylic acids is 1. The van der Waals surface area contributed by atoms with Crippen LogP contribution in [0.1, 0.15) is 25.7 Å². The molecule has 0 aromatic rings. The van der Waals surface area contributed by atoms with Crippen LogP contribution in [0.2, 0.25) is 0 Å². The van der Waals surface area contributed by atoms with E-state index >= 15 is 0 Å². The summed E-state index contributed by atoms with van der Waals surface area (Å²) in [6.45, 7) is 1.89. The highest BCUT2D eigenvalue weighted by Gasteiger charge is 2.25. The minimum atomic E-state index is 0.0200. The third kappa shape index (κ3) is 4.08. The van der Waals surface area contributed by atoms with E-state index in [4.69, 9.17) is 15.6 Å². The standard InChI is InChI=1S/C11H22N2O3/c12-5-8-16-9-11(15)13-6-2-1-3-10(13)4-7-14/h10,14H,1-9,12H2. The van der Waals surface area contributed by atoms with Crippen molar-refractivity contribution in [3.8, 4) is 0 Å². The van der Waals surface area contributed by atoms with Gasteiger partial charge in [0.05, 0.1) is 6.61 Å². The van der Waals surface area contributed by atoms with E-state index in [9.17, 15) is 4.79 Å². The Hall–Kier alpha value is -0.650. The Morgan fingerprint density at radius 3 is 3.00 bits per heavy atom. The second kappa shape index (κ2) is 7.60. The zero-order chi connectivity index (χ0) is 11.8. The van der Waals surface area contributed by atoms with Gasteiger partial charge in [0, 0.05) is 25.7 Å². The van der Waals surface area contributed by atoms with Gasteiger partial charge in [-0.3, -0.25) is 4.79 Å². The number of aliphatic hydroxyl groups is 1. The molecule has 0 aromatic carbocycles. The van der Waals surface area contributed by atoms with Crippen LogP contribution in [0, 0.1) is 0 Å². The van der Waals surface area contributed by atoms with E-state index in [1.54, 1.807) is 0 Å². The highest BCUT2D eigenvalue weighted by molar-refractivity contribution is 5.77. The molecule has 5 nitrogen and oxygen atoms in total. The van der Waals surface area contributed by atoms with Gasteiger partial charge in [-0.05, 0) is 25.7 Å². The number of likely N-dealkylation sites (tertiary alicyclic amines) is 1. The molecule has 0 aromatic heterocycles. The largest absolute Gasteiger partial charge is 0.396 e. The molecule has 1 saturated heterocycles. The average Bonchev–Trinajstić information content (AvgIpc) is 2.30. The lowest BCUT2D eigenvalue weighted by molar-refractivity contribution is -0.140. The first-order chi connectivity index (χ1) is 7.79. The van der Waals surface area contributed by atoms with Crippen LogP contribution in [0.25, 0.3) is 0 Å². The molecular weight excluding hydrogens is 208 g/mol. The summed E-state index contributed by atoms with van der Waals surface area (Å²) in [6, 6.07) is 0.188. The third-order valence-corrected chi connectivity index (χ3v) is 2.90. The van der Waals surface area contributed by atoms with Gasteiger partial charge in [-0.2, -0.15) is 0 Å². The van der Waals surface area contributed by atoms with Gasteiger partial charge in [-0.25, -0.2) is 0 Å². The fraction of sp³-hybridized carbons (Fsp3) is 0.909. The number of carbonyl (C=O) groups is 1. The fourth-order valence-electron chi connectivity index (χ4n) is 2.10. The first-order valence-electron chi connectivity index (χ1n) is 5.97. The Bertz CT molecular complexity index is 209. The molecule has 1 aliphatic rings. The van der Waals surface area contributed by atoms with Crippen LogP contribution in [0.15, 0.2) is 0 Å². The molecule has 1 aliphatic heterocycles. The molecule has 0 spiro atoms. The average molecular weight is 230 g/mol. The lowest BCUT2D eigenvalue weighted by Gasteiger charge is -2.35. The van der Waals surface area contributed by atoms with E-state index in [-0.39, 0.29) is 25.2 Å². The second-order valence-electron chi connectivity index (χ2n) is 4.09. The van der Waals surface area contributed by atoms with Crippen LogP contribution in [0.3, 0.4) is 0 Å². The van der Waals surface area contributed by atoms with E-state index < -0.39 is 0 Å². The van der Waals surface area contributed by atoms with E-state index in [2.05, 4.69) is 0 Å². The molecular formula is C11H22N2O3. The molecule has 94 valence electrons. The summed E-state index contributed by atoms with van der Waals surface area (Å²) in [6.07, 6.45) is 3.84. The molecule has 1 fully saturated rings. The van der Waals surface area contributed by atoms with Crippen LogP contribution in [0.5, 0.6) is 0 Å². The summed E-state index contributed by atoms with van der Waals surface area (Å²) in [4.78, 5) is 13.7. The quantitative estimate of drug-likeness (QED) is 0.616. The third-order valence-electron chi connectivity index (χ3n) is 2.90. The Morgan fingerprint density at radius 2 is 2.31 bits per heavy atom. The molecule has 0 bridgehead atoms. The highest BCUT2D eigenvalue weighted by Crippen LogP contribution is 2.19. The van der Waals surface area contributed by atoms with Crippen molar-refractivity contribution in [3.63, 3.8) is 0 Å². The van der Waals surface area contributed by atoms with Crippen molar-refractivity contribution in [1.29, 1.82) is 0 Å². The normalized spacial score (nSPS) is 21.1. The maximum Gasteiger partial charge on any atom is 0.248 e. The Morgan fingerprint density at radius 1 is 1.50 bits per heavy atom. The number of aliphatic hydroxyl groups excluding tert-OH is 1. The van der Waals surface area contributed by atoms with Crippen LogP contribution < -0.4 is 5.73 Å². The smallest absolute Gasteiger partial charge is 0.248 e. The lowest BCUT2D eigenvalue weighted by Crippen LogP contribution is -2.45. The molecule has 0 saturated carbocycles. The topological polar surface area (TPSA) is 75.8 Å². The predicted octanol–water partition coefficient (Wildman–Crippen LogP) is -0.275. The first kappa shape index (κ1) is 13.4. The molecule has 0 aliphatic carbocycles. The molecule has 1 amide bonds. The lowest BCUT2D eigenvalue weighted by atomic mass is 9.99. The number of ether oxygens (including phenoxy) is 1. The van der Waals surface area contributed by atoms with E-state index in [0.717, 1.165) is 25.8 Å². The van der Waals surface area contributed by atoms with Gasteiger partial charge < -0.3 is 20.5 Å². The van der Waals surface area contributed by atoms with Crippen molar-refractivity contribution >= 4 is 5.91 Å². The van der Waals surface area contributed by atoms with Crippen molar-refractivity contribution in [2.24, 2.45) is 5.73 Å². The van der Waals surface area contributed by atoms with Crippen molar-refractivity contribution in [2.75, 3.05) is 32.9 Å². The zero-order valence-corrected chi connectivity index (χ0v) is 9.73. The summed E-state index contributed by atoms with van der Waals surface area (Å²) in [5.74, 6) is 0.0200. The van der Waals surface area contributed by atoms with Crippen molar-refractivity contribution in [1.82, 2.24) is 4.90 Å². The minimum absolute atomic E-state index is 0.0200. The van der Waals surface area contributed by atoms with Gasteiger partial charge in [0.25, 0.3) is 0 Å². The molecule has 5 heteroatoms. The van der Waals surface area contributed by atoms with Crippen LogP contribution in [0.4, 0.5) is 0 Å². The second-order valence-corrected chi connectivity index (χ2v) is 4.09. The van der Waals surface area contributed by atoms with Crippen molar-refractivity contribution in [2.45, 2.75) is 31.7 Å². The molecule has 1 unspecified atom stereocenters. The van der Waals surface area contributed by atoms with Crippen molar-refractivity contribution in [3.05, 3.63) is 0 Å². The van der Waals surface area contributed by atoms with E-state index in [1.807, 2.05) is 4.90 Å². The Labute approximate surface area is 96.6 Å². The zero-order valence-electron chi connectivity index (χ0n) is 9.73. The van der Waals surface area contributed by atoms with Gasteiger partial charge in [0.15, 0.2) is 0 Å². The van der Waals surface area contributed by atoms with Gasteiger partial charge in [-0.15, -0.1) is 0 Å². The van der Waals surface area contributed by atoms with E-state index in [0.29, 0.717) is 19.6 Å². The summed E-state index contributed by atoms with van der Waals surface area (Å²) in [5, 5.41) is 8.95. The maximum atomic E-state index is 11.8. The number of nitrogens with two attached hydrogens (primary N) is 1. The van der Waals surface area contributed by atoms with Crippen LogP contribution in [-0.4, -0.2) is 54.9 Å². The van der Waals surface area contributed by atoms with Crippen LogP contribution >= 0.6 is 0 Å². The number of nitrogens with zero attached hydrogens (tertiary/aromatic N) is 1. The summed E-state index contributed by atoms with van der Waals surface area (Å²) < 4.78 is 5.15. The van der Waals surface area contributed by atoms with Crippen molar-refractivity contribution < 1.29 is 14.6 Å². The number of hydrogen-bond acceptors (Lipinski definition) is 4. The van der Waals surface area contributed by atoms with Crippen LogP contribution in [-0.2, 0) is 9.53 Å². The molecule has 3 N–H and O–H groups in total. The number of amides is 1. The monoisotopic (exact) mass is 230 g/mol. The first-order valence-corrected chi connectivity index (χ1v) is 5.97. The molecule has 0 radical (unpaired) electrons.